The molecule has 0 N–H and O–H groups in total. The van der Waals surface area contributed by atoms with Gasteiger partial charge in [-0.3, -0.25) is 0 Å². The first-order valence-corrected chi connectivity index (χ1v) is 10.1. The van der Waals surface area contributed by atoms with Crippen LogP contribution in [0.15, 0.2) is 76.3 Å². The number of hydrazone groups is 1. The fourth-order valence-electron chi connectivity index (χ4n) is 3.91. The van der Waals surface area contributed by atoms with Crippen LogP contribution in [-0.4, -0.2) is 17.8 Å². The molecule has 0 unspecified atom stereocenters. The minimum atomic E-state index is -0.366. The molecule has 0 saturated carbocycles. The first kappa shape index (κ1) is 18.2. The first-order valence-electron chi connectivity index (χ1n) is 9.35. The van der Waals surface area contributed by atoms with E-state index < -0.39 is 0 Å². The molecule has 2 aliphatic heterocycles. The second-order valence-corrected chi connectivity index (χ2v) is 7.91. The van der Waals surface area contributed by atoms with Crippen molar-refractivity contribution in [1.29, 1.82) is 0 Å². The van der Waals surface area contributed by atoms with Gasteiger partial charge in [0.25, 0.3) is 0 Å². The molecule has 2 aliphatic rings. The van der Waals surface area contributed by atoms with Crippen LogP contribution in [0.2, 0.25) is 0 Å². The Morgan fingerprint density at radius 1 is 1.10 bits per heavy atom. The molecule has 0 radical (unpaired) electrons. The van der Waals surface area contributed by atoms with E-state index in [1.54, 1.807) is 19.2 Å². The van der Waals surface area contributed by atoms with E-state index in [2.05, 4.69) is 22.0 Å². The molecule has 3 aromatic carbocycles. The molecular formula is C23H18BrFN2O2. The molecule has 0 amide bonds. The van der Waals surface area contributed by atoms with Crippen molar-refractivity contribution in [3.63, 3.8) is 0 Å². The van der Waals surface area contributed by atoms with Gasteiger partial charge in [0.1, 0.15) is 17.3 Å². The van der Waals surface area contributed by atoms with Gasteiger partial charge in [0.05, 0.1) is 23.3 Å². The van der Waals surface area contributed by atoms with Gasteiger partial charge in [-0.25, -0.2) is 9.40 Å². The molecule has 0 bridgehead atoms. The number of ether oxygens (including phenoxy) is 2. The molecule has 2 atom stereocenters. The maximum absolute atomic E-state index is 13.4. The number of rotatable bonds is 3. The Morgan fingerprint density at radius 3 is 2.66 bits per heavy atom. The van der Waals surface area contributed by atoms with Crippen LogP contribution in [0.3, 0.4) is 0 Å². The minimum Gasteiger partial charge on any atom is -0.496 e. The molecule has 2 heterocycles. The zero-order valence-electron chi connectivity index (χ0n) is 15.7. The number of nitrogens with zero attached hydrogens (tertiary/aromatic N) is 2. The van der Waals surface area contributed by atoms with E-state index in [1.807, 2.05) is 41.4 Å². The number of hydrogen-bond acceptors (Lipinski definition) is 4. The molecular weight excluding hydrogens is 435 g/mol. The van der Waals surface area contributed by atoms with Gasteiger partial charge in [-0.2, -0.15) is 5.10 Å². The number of para-hydroxylation sites is 1. The number of hydrogen-bond donors (Lipinski definition) is 0. The molecule has 0 fully saturated rings. The Labute approximate surface area is 176 Å². The smallest absolute Gasteiger partial charge is 0.213 e. The second-order valence-electron chi connectivity index (χ2n) is 7.06. The van der Waals surface area contributed by atoms with Crippen LogP contribution in [0.4, 0.5) is 4.39 Å². The summed E-state index contributed by atoms with van der Waals surface area (Å²) in [5.74, 6) is 1.37. The van der Waals surface area contributed by atoms with Crippen molar-refractivity contribution >= 4 is 21.6 Å². The monoisotopic (exact) mass is 452 g/mol. The van der Waals surface area contributed by atoms with Gasteiger partial charge in [0.15, 0.2) is 0 Å². The molecule has 4 nitrogen and oxygen atoms in total. The Hall–Kier alpha value is -2.86. The van der Waals surface area contributed by atoms with Crippen LogP contribution in [0.1, 0.15) is 35.4 Å². The lowest BCUT2D eigenvalue weighted by molar-refractivity contribution is -0.0190. The molecule has 6 heteroatoms. The molecule has 3 aromatic rings. The Balaban J connectivity index is 1.58. The minimum absolute atomic E-state index is 0.0610. The van der Waals surface area contributed by atoms with Crippen LogP contribution in [-0.2, 0) is 0 Å². The fourth-order valence-corrected chi connectivity index (χ4v) is 4.47. The lowest BCUT2D eigenvalue weighted by atomic mass is 9.96. The number of fused-ring (bicyclic) bond motifs is 3. The number of halogens is 2. The summed E-state index contributed by atoms with van der Waals surface area (Å²) in [5, 5.41) is 6.90. The van der Waals surface area contributed by atoms with E-state index in [0.29, 0.717) is 0 Å². The van der Waals surface area contributed by atoms with Gasteiger partial charge in [0, 0.05) is 17.5 Å². The third-order valence-electron chi connectivity index (χ3n) is 5.34. The Morgan fingerprint density at radius 2 is 1.90 bits per heavy atom. The van der Waals surface area contributed by atoms with Gasteiger partial charge in [-0.15, -0.1) is 0 Å². The largest absolute Gasteiger partial charge is 0.496 e. The normalized spacial score (nSPS) is 19.8. The van der Waals surface area contributed by atoms with Gasteiger partial charge in [-0.1, -0.05) is 30.3 Å². The average Bonchev–Trinajstić information content (AvgIpc) is 3.19. The lowest BCUT2D eigenvalue weighted by Crippen LogP contribution is -2.33. The van der Waals surface area contributed by atoms with E-state index in [9.17, 15) is 4.39 Å². The van der Waals surface area contributed by atoms with Crippen LogP contribution in [0.25, 0.3) is 0 Å². The highest BCUT2D eigenvalue weighted by Gasteiger charge is 2.40. The maximum Gasteiger partial charge on any atom is 0.213 e. The quantitative estimate of drug-likeness (QED) is 0.500. The maximum atomic E-state index is 13.4. The van der Waals surface area contributed by atoms with Crippen LogP contribution in [0, 0.1) is 5.82 Å². The van der Waals surface area contributed by atoms with Crippen molar-refractivity contribution in [2.75, 3.05) is 7.11 Å². The molecule has 0 aromatic heterocycles. The van der Waals surface area contributed by atoms with E-state index in [0.717, 1.165) is 44.8 Å². The zero-order valence-corrected chi connectivity index (χ0v) is 17.3. The summed E-state index contributed by atoms with van der Waals surface area (Å²) in [5.41, 5.74) is 3.93. The summed E-state index contributed by atoms with van der Waals surface area (Å²) in [6.45, 7) is 0. The van der Waals surface area contributed by atoms with Gasteiger partial charge in [-0.05, 0) is 57.9 Å². The topological polar surface area (TPSA) is 34.1 Å². The van der Waals surface area contributed by atoms with Crippen molar-refractivity contribution in [1.82, 2.24) is 5.01 Å². The predicted molar refractivity (Wildman–Crippen MR) is 113 cm³/mol. The molecule has 5 rings (SSSR count). The third-order valence-corrected chi connectivity index (χ3v) is 5.96. The van der Waals surface area contributed by atoms with E-state index in [1.165, 1.54) is 12.1 Å². The lowest BCUT2D eigenvalue weighted by Gasteiger charge is -2.38. The summed E-state index contributed by atoms with van der Waals surface area (Å²) >= 11 is 3.56. The SMILES string of the molecule is COc1ccc([C@H]2Oc3ccccc3[C@@H]3CC(c4ccc(F)cc4)=NN23)cc1Br. The van der Waals surface area contributed by atoms with Crippen molar-refractivity contribution < 1.29 is 13.9 Å². The highest BCUT2D eigenvalue weighted by Crippen LogP contribution is 2.47. The summed E-state index contributed by atoms with van der Waals surface area (Å²) in [4.78, 5) is 0. The summed E-state index contributed by atoms with van der Waals surface area (Å²) in [6, 6.07) is 20.5. The van der Waals surface area contributed by atoms with Gasteiger partial charge in [0.2, 0.25) is 6.23 Å². The Bertz CT molecular complexity index is 1100. The van der Waals surface area contributed by atoms with Crippen LogP contribution >= 0.6 is 15.9 Å². The van der Waals surface area contributed by atoms with E-state index in [-0.39, 0.29) is 18.1 Å². The first-order chi connectivity index (χ1) is 14.1. The highest BCUT2D eigenvalue weighted by atomic mass is 79.9. The average molecular weight is 453 g/mol. The van der Waals surface area contributed by atoms with Crippen LogP contribution in [0.5, 0.6) is 11.5 Å². The zero-order chi connectivity index (χ0) is 20.0. The molecule has 0 aliphatic carbocycles. The molecule has 0 saturated heterocycles. The molecule has 0 spiro atoms. The molecule has 29 heavy (non-hydrogen) atoms. The number of methoxy groups -OCH3 is 1. The van der Waals surface area contributed by atoms with Crippen molar-refractivity contribution in [2.24, 2.45) is 5.10 Å². The van der Waals surface area contributed by atoms with Crippen LogP contribution < -0.4 is 9.47 Å². The predicted octanol–water partition coefficient (Wildman–Crippen LogP) is 5.84. The summed E-state index contributed by atoms with van der Waals surface area (Å²) < 4.78 is 25.9. The van der Waals surface area contributed by atoms with Crippen molar-refractivity contribution in [3.05, 3.63) is 93.7 Å². The van der Waals surface area contributed by atoms with Gasteiger partial charge >= 0.3 is 0 Å². The highest BCUT2D eigenvalue weighted by molar-refractivity contribution is 9.10. The van der Waals surface area contributed by atoms with Crippen molar-refractivity contribution in [3.8, 4) is 11.5 Å². The van der Waals surface area contributed by atoms with E-state index >= 15 is 0 Å². The Kier molecular flexibility index (Phi) is 4.51. The van der Waals surface area contributed by atoms with Gasteiger partial charge < -0.3 is 9.47 Å². The van der Waals surface area contributed by atoms with E-state index in [4.69, 9.17) is 14.6 Å². The third kappa shape index (κ3) is 3.17. The summed E-state index contributed by atoms with van der Waals surface area (Å²) in [7, 11) is 1.64. The fraction of sp³-hybridized carbons (Fsp3) is 0.174. The number of benzene rings is 3. The molecule has 146 valence electrons. The second kappa shape index (κ2) is 7.19. The van der Waals surface area contributed by atoms with Crippen molar-refractivity contribution in [2.45, 2.75) is 18.7 Å². The standard InChI is InChI=1S/C23H18BrFN2O2/c1-28-22-11-8-15(12-18(22)24)23-27-20(17-4-2-3-5-21(17)29-23)13-19(26-27)14-6-9-16(25)10-7-14/h2-12,20,23H,13H2,1H3/t20-,23+/m0/s1. The summed E-state index contributed by atoms with van der Waals surface area (Å²) in [6.07, 6.45) is 0.370.